The molecule has 3 aromatic rings. The van der Waals surface area contributed by atoms with Crippen LogP contribution in [0.3, 0.4) is 0 Å². The van der Waals surface area contributed by atoms with Crippen molar-refractivity contribution < 1.29 is 0 Å². The summed E-state index contributed by atoms with van der Waals surface area (Å²) < 4.78 is 4.32. The van der Waals surface area contributed by atoms with Crippen molar-refractivity contribution >= 4 is 50.4 Å². The second kappa shape index (κ2) is 6.58. The van der Waals surface area contributed by atoms with E-state index >= 15 is 0 Å². The fraction of sp³-hybridized carbons (Fsp3) is 0. The van der Waals surface area contributed by atoms with E-state index in [-0.39, 0.29) is 0 Å². The van der Waals surface area contributed by atoms with E-state index in [1.807, 2.05) is 48.8 Å². The number of benzene rings is 2. The highest BCUT2D eigenvalue weighted by Crippen LogP contribution is 2.21. The smallest absolute Gasteiger partial charge is 0.0763 e. The van der Waals surface area contributed by atoms with E-state index in [0.29, 0.717) is 0 Å². The third kappa shape index (κ3) is 3.44. The summed E-state index contributed by atoms with van der Waals surface area (Å²) in [5.41, 5.74) is 3.14. The first-order valence-corrected chi connectivity index (χ1v) is 8.33. The maximum absolute atomic E-state index is 4.59. The van der Waals surface area contributed by atoms with Crippen molar-refractivity contribution in [3.63, 3.8) is 0 Å². The second-order valence-corrected chi connectivity index (χ2v) is 6.57. The Balaban J connectivity index is 1.95. The van der Waals surface area contributed by atoms with Crippen LogP contribution in [0.25, 0.3) is 5.69 Å². The van der Waals surface area contributed by atoms with Crippen molar-refractivity contribution in [2.45, 2.75) is 0 Å². The molecule has 0 aliphatic heterocycles. The summed E-state index contributed by atoms with van der Waals surface area (Å²) in [5.74, 6) is 0. The minimum absolute atomic E-state index is 0.986. The molecule has 0 aliphatic rings. The topological polar surface area (TPSA) is 17.3 Å². The maximum atomic E-state index is 4.59. The third-order valence-corrected chi connectivity index (χ3v) is 4.46. The molecular formula is C17H12BrIN2. The summed E-state index contributed by atoms with van der Waals surface area (Å²) >= 11 is 5.81. The first-order valence-electron chi connectivity index (χ1n) is 6.46. The van der Waals surface area contributed by atoms with E-state index in [2.05, 4.69) is 72.3 Å². The molecule has 0 N–H and O–H groups in total. The number of hydrogen-bond acceptors (Lipinski definition) is 1. The van der Waals surface area contributed by atoms with Crippen molar-refractivity contribution in [1.82, 2.24) is 4.57 Å². The van der Waals surface area contributed by atoms with Gasteiger partial charge in [0.2, 0.25) is 0 Å². The van der Waals surface area contributed by atoms with E-state index < -0.39 is 0 Å². The predicted molar refractivity (Wildman–Crippen MR) is 99.9 cm³/mol. The molecule has 0 radical (unpaired) electrons. The Bertz CT molecular complexity index is 793. The van der Waals surface area contributed by atoms with Gasteiger partial charge in [0.1, 0.15) is 0 Å². The van der Waals surface area contributed by atoms with Crippen LogP contribution in [0.15, 0.2) is 76.3 Å². The van der Waals surface area contributed by atoms with Gasteiger partial charge in [0.05, 0.1) is 17.6 Å². The van der Waals surface area contributed by atoms with Crippen LogP contribution in [0.4, 0.5) is 5.69 Å². The fourth-order valence-electron chi connectivity index (χ4n) is 2.05. The molecule has 21 heavy (non-hydrogen) atoms. The van der Waals surface area contributed by atoms with E-state index in [1.54, 1.807) is 0 Å². The van der Waals surface area contributed by atoms with E-state index in [9.17, 15) is 0 Å². The molecule has 0 atom stereocenters. The van der Waals surface area contributed by atoms with Gasteiger partial charge in [0, 0.05) is 19.9 Å². The molecule has 0 unspecified atom stereocenters. The number of nitrogens with zero attached hydrogens (tertiary/aromatic N) is 2. The van der Waals surface area contributed by atoms with Gasteiger partial charge in [0.15, 0.2) is 0 Å². The first-order chi connectivity index (χ1) is 10.2. The van der Waals surface area contributed by atoms with Crippen LogP contribution in [0.5, 0.6) is 0 Å². The van der Waals surface area contributed by atoms with Crippen LogP contribution < -0.4 is 0 Å². The van der Waals surface area contributed by atoms with Gasteiger partial charge in [-0.15, -0.1) is 0 Å². The fourth-order valence-corrected chi connectivity index (χ4v) is 2.97. The number of rotatable bonds is 3. The zero-order valence-electron chi connectivity index (χ0n) is 11.1. The monoisotopic (exact) mass is 450 g/mol. The maximum Gasteiger partial charge on any atom is 0.0763 e. The van der Waals surface area contributed by atoms with Gasteiger partial charge in [-0.05, 0) is 65.1 Å². The third-order valence-electron chi connectivity index (χ3n) is 3.06. The number of para-hydroxylation sites is 1. The molecule has 2 aromatic carbocycles. The SMILES string of the molecule is Brc1cccc(-n2cccc2C=Nc2ccccc2I)c1. The number of aromatic nitrogens is 1. The molecule has 104 valence electrons. The average molecular weight is 451 g/mol. The largest absolute Gasteiger partial charge is 0.316 e. The number of halogens is 2. The van der Waals surface area contributed by atoms with Crippen LogP contribution in [0.1, 0.15) is 5.69 Å². The lowest BCUT2D eigenvalue weighted by molar-refractivity contribution is 1.07. The van der Waals surface area contributed by atoms with Gasteiger partial charge in [-0.2, -0.15) is 0 Å². The number of aliphatic imine (C=N–C) groups is 1. The van der Waals surface area contributed by atoms with E-state index in [1.165, 1.54) is 0 Å². The summed E-state index contributed by atoms with van der Waals surface area (Å²) in [7, 11) is 0. The standard InChI is InChI=1S/C17H12BrIN2/c18-13-5-3-6-14(11-13)21-10-4-7-15(21)12-20-17-9-2-1-8-16(17)19/h1-12H. The summed E-state index contributed by atoms with van der Waals surface area (Å²) in [6.45, 7) is 0. The molecule has 2 nitrogen and oxygen atoms in total. The Morgan fingerprint density at radius 1 is 1.00 bits per heavy atom. The van der Waals surface area contributed by atoms with Crippen LogP contribution in [-0.4, -0.2) is 10.8 Å². The molecule has 0 amide bonds. The Labute approximate surface area is 145 Å². The van der Waals surface area contributed by atoms with Crippen molar-refractivity contribution in [2.75, 3.05) is 0 Å². The van der Waals surface area contributed by atoms with Gasteiger partial charge in [-0.25, -0.2) is 0 Å². The normalized spacial score (nSPS) is 11.1. The Kier molecular flexibility index (Phi) is 4.55. The highest BCUT2D eigenvalue weighted by Gasteiger charge is 2.02. The Hall–Kier alpha value is -1.40. The molecule has 0 fully saturated rings. The van der Waals surface area contributed by atoms with Crippen molar-refractivity contribution in [2.24, 2.45) is 4.99 Å². The minimum atomic E-state index is 0.986. The zero-order valence-corrected chi connectivity index (χ0v) is 14.8. The molecule has 0 spiro atoms. The van der Waals surface area contributed by atoms with E-state index in [0.717, 1.165) is 25.1 Å². The molecule has 0 saturated carbocycles. The van der Waals surface area contributed by atoms with Gasteiger partial charge < -0.3 is 4.57 Å². The first kappa shape index (κ1) is 14.5. The minimum Gasteiger partial charge on any atom is -0.316 e. The molecule has 1 heterocycles. The molecule has 0 saturated heterocycles. The van der Waals surface area contributed by atoms with E-state index in [4.69, 9.17) is 0 Å². The molecular weight excluding hydrogens is 439 g/mol. The van der Waals surface area contributed by atoms with Crippen molar-refractivity contribution in [3.05, 3.63) is 80.6 Å². The Morgan fingerprint density at radius 2 is 1.86 bits per heavy atom. The highest BCUT2D eigenvalue weighted by molar-refractivity contribution is 14.1. The Morgan fingerprint density at radius 3 is 2.67 bits per heavy atom. The quantitative estimate of drug-likeness (QED) is 0.365. The summed E-state index contributed by atoms with van der Waals surface area (Å²) in [6, 6.07) is 20.4. The lowest BCUT2D eigenvalue weighted by Gasteiger charge is -2.06. The second-order valence-electron chi connectivity index (χ2n) is 4.49. The molecule has 0 bridgehead atoms. The molecule has 4 heteroatoms. The van der Waals surface area contributed by atoms with Crippen molar-refractivity contribution in [3.8, 4) is 5.69 Å². The molecule has 0 aliphatic carbocycles. The average Bonchev–Trinajstić information content (AvgIpc) is 2.95. The van der Waals surface area contributed by atoms with Crippen LogP contribution in [0, 0.1) is 3.57 Å². The van der Waals surface area contributed by atoms with Gasteiger partial charge >= 0.3 is 0 Å². The summed E-state index contributed by atoms with van der Waals surface area (Å²) in [5, 5.41) is 0. The molecule has 3 rings (SSSR count). The van der Waals surface area contributed by atoms with Gasteiger partial charge in [-0.3, -0.25) is 4.99 Å². The highest BCUT2D eigenvalue weighted by atomic mass is 127. The van der Waals surface area contributed by atoms with Crippen LogP contribution in [-0.2, 0) is 0 Å². The number of hydrogen-bond donors (Lipinski definition) is 0. The molecule has 1 aromatic heterocycles. The lowest BCUT2D eigenvalue weighted by atomic mass is 10.3. The summed E-state index contributed by atoms with van der Waals surface area (Å²) in [4.78, 5) is 4.59. The summed E-state index contributed by atoms with van der Waals surface area (Å²) in [6.07, 6.45) is 3.94. The lowest BCUT2D eigenvalue weighted by Crippen LogP contribution is -1.97. The van der Waals surface area contributed by atoms with Gasteiger partial charge in [-0.1, -0.05) is 34.1 Å². The van der Waals surface area contributed by atoms with Crippen LogP contribution in [0.2, 0.25) is 0 Å². The van der Waals surface area contributed by atoms with Crippen molar-refractivity contribution in [1.29, 1.82) is 0 Å². The predicted octanol–water partition coefficient (Wildman–Crippen LogP) is 5.60. The van der Waals surface area contributed by atoms with Crippen LogP contribution >= 0.6 is 38.5 Å². The zero-order chi connectivity index (χ0) is 14.7. The van der Waals surface area contributed by atoms with Gasteiger partial charge in [0.25, 0.3) is 0 Å².